The lowest BCUT2D eigenvalue weighted by Gasteiger charge is -2.38. The molecular weight excluding hydrogens is 452 g/mol. The van der Waals surface area contributed by atoms with Gasteiger partial charge in [-0.2, -0.15) is 0 Å². The van der Waals surface area contributed by atoms with E-state index in [1.165, 1.54) is 53.7 Å². The highest BCUT2D eigenvalue weighted by atomic mass is 32.1. The van der Waals surface area contributed by atoms with Crippen molar-refractivity contribution in [1.82, 2.24) is 9.80 Å². The first kappa shape index (κ1) is 27.4. The minimum Gasteiger partial charge on any atom is -0.333 e. The topological polar surface area (TPSA) is 40.6 Å². The molecule has 3 rings (SSSR count). The van der Waals surface area contributed by atoms with Crippen molar-refractivity contribution in [2.24, 2.45) is 0 Å². The standard InChI is InChI=1S/C30H44N2O2S/c1-4-6-8-9-10-11-12-17-28(33)31(20-7-5-2)23-29(34)32-21-18-27-26(19-22-35-27)30(32)25-16-14-13-15-24(25)3/h13-16,19,22,30H,4-12,17-18,20-21,23H2,1-3H3. The number of fused-ring (bicyclic) bond motifs is 1. The molecule has 2 amide bonds. The van der Waals surface area contributed by atoms with E-state index in [1.807, 2.05) is 9.80 Å². The Bertz CT molecular complexity index is 938. The van der Waals surface area contributed by atoms with Crippen molar-refractivity contribution >= 4 is 23.2 Å². The first-order valence-electron chi connectivity index (χ1n) is 13.8. The molecule has 0 spiro atoms. The fourth-order valence-corrected chi connectivity index (χ4v) is 6.00. The smallest absolute Gasteiger partial charge is 0.242 e. The predicted molar refractivity (Wildman–Crippen MR) is 147 cm³/mol. The fourth-order valence-electron chi connectivity index (χ4n) is 5.10. The summed E-state index contributed by atoms with van der Waals surface area (Å²) in [5.74, 6) is 0.208. The molecule has 1 aliphatic rings. The zero-order chi connectivity index (χ0) is 25.0. The molecule has 0 saturated carbocycles. The van der Waals surface area contributed by atoms with E-state index in [0.29, 0.717) is 19.5 Å². The second-order valence-corrected chi connectivity index (χ2v) is 10.9. The Morgan fingerprint density at radius 1 is 0.943 bits per heavy atom. The van der Waals surface area contributed by atoms with Crippen LogP contribution in [0.5, 0.6) is 0 Å². The van der Waals surface area contributed by atoms with Gasteiger partial charge in [0, 0.05) is 24.4 Å². The molecule has 1 aliphatic heterocycles. The number of aryl methyl sites for hydroxylation is 1. The Balaban J connectivity index is 1.66. The van der Waals surface area contributed by atoms with E-state index in [4.69, 9.17) is 0 Å². The minimum absolute atomic E-state index is 0.0649. The highest BCUT2D eigenvalue weighted by molar-refractivity contribution is 7.10. The van der Waals surface area contributed by atoms with Crippen molar-refractivity contribution in [2.75, 3.05) is 19.6 Å². The number of carbonyl (C=O) groups is 2. The van der Waals surface area contributed by atoms with E-state index in [1.54, 1.807) is 11.3 Å². The average molecular weight is 497 g/mol. The third-order valence-corrected chi connectivity index (χ3v) is 8.22. The average Bonchev–Trinajstić information content (AvgIpc) is 3.34. The van der Waals surface area contributed by atoms with E-state index in [2.05, 4.69) is 56.5 Å². The van der Waals surface area contributed by atoms with Gasteiger partial charge >= 0.3 is 0 Å². The maximum atomic E-state index is 13.7. The van der Waals surface area contributed by atoms with Crippen LogP contribution < -0.4 is 0 Å². The van der Waals surface area contributed by atoms with E-state index in [9.17, 15) is 9.59 Å². The number of benzene rings is 1. The lowest BCUT2D eigenvalue weighted by atomic mass is 9.90. The molecule has 0 saturated heterocycles. The lowest BCUT2D eigenvalue weighted by Crippen LogP contribution is -2.47. The van der Waals surface area contributed by atoms with Crippen LogP contribution in [0.4, 0.5) is 0 Å². The van der Waals surface area contributed by atoms with Gasteiger partial charge in [0.25, 0.3) is 0 Å². The monoisotopic (exact) mass is 496 g/mol. The lowest BCUT2D eigenvalue weighted by molar-refractivity contribution is -0.141. The van der Waals surface area contributed by atoms with Crippen LogP contribution in [0, 0.1) is 6.92 Å². The summed E-state index contributed by atoms with van der Waals surface area (Å²) in [6, 6.07) is 10.5. The van der Waals surface area contributed by atoms with Crippen molar-refractivity contribution in [3.8, 4) is 0 Å². The molecule has 2 heterocycles. The maximum absolute atomic E-state index is 13.7. The maximum Gasteiger partial charge on any atom is 0.242 e. The van der Waals surface area contributed by atoms with Crippen LogP contribution in [0.2, 0.25) is 0 Å². The Kier molecular flexibility index (Phi) is 11.3. The van der Waals surface area contributed by atoms with Gasteiger partial charge in [-0.15, -0.1) is 11.3 Å². The quantitative estimate of drug-likeness (QED) is 0.257. The molecule has 5 heteroatoms. The molecule has 0 bridgehead atoms. The SMILES string of the molecule is CCCCCCCCCC(=O)N(CCCC)CC(=O)N1CCc2sccc2C1c1ccccc1C. The van der Waals surface area contributed by atoms with E-state index in [-0.39, 0.29) is 24.4 Å². The van der Waals surface area contributed by atoms with E-state index in [0.717, 1.165) is 32.1 Å². The highest BCUT2D eigenvalue weighted by Crippen LogP contribution is 2.39. The second-order valence-electron chi connectivity index (χ2n) is 9.94. The van der Waals surface area contributed by atoms with Gasteiger partial charge in [0.05, 0.1) is 12.6 Å². The van der Waals surface area contributed by atoms with Crippen molar-refractivity contribution in [2.45, 2.75) is 97.4 Å². The van der Waals surface area contributed by atoms with Gasteiger partial charge in [0.15, 0.2) is 0 Å². The third kappa shape index (κ3) is 7.67. The minimum atomic E-state index is -0.0649. The molecule has 1 atom stereocenters. The van der Waals surface area contributed by atoms with Crippen molar-refractivity contribution in [1.29, 1.82) is 0 Å². The summed E-state index contributed by atoms with van der Waals surface area (Å²) in [5.41, 5.74) is 3.64. The Labute approximate surface area is 216 Å². The summed E-state index contributed by atoms with van der Waals surface area (Å²) in [5, 5.41) is 2.14. The Hall–Kier alpha value is -2.14. The van der Waals surface area contributed by atoms with Crippen molar-refractivity contribution < 1.29 is 9.59 Å². The third-order valence-electron chi connectivity index (χ3n) is 7.22. The first-order valence-corrected chi connectivity index (χ1v) is 14.6. The second kappa shape index (κ2) is 14.4. The highest BCUT2D eigenvalue weighted by Gasteiger charge is 2.34. The van der Waals surface area contributed by atoms with Crippen LogP contribution in [0.1, 0.15) is 106 Å². The Morgan fingerprint density at radius 2 is 1.66 bits per heavy atom. The molecule has 35 heavy (non-hydrogen) atoms. The number of carbonyl (C=O) groups excluding carboxylic acids is 2. The number of hydrogen-bond acceptors (Lipinski definition) is 3. The van der Waals surface area contributed by atoms with Crippen LogP contribution in [0.15, 0.2) is 35.7 Å². The molecule has 0 N–H and O–H groups in total. The Morgan fingerprint density at radius 3 is 2.40 bits per heavy atom. The molecule has 2 aromatic rings. The predicted octanol–water partition coefficient (Wildman–Crippen LogP) is 7.30. The molecule has 4 nitrogen and oxygen atoms in total. The number of hydrogen-bond donors (Lipinski definition) is 0. The van der Waals surface area contributed by atoms with Gasteiger partial charge in [-0.25, -0.2) is 0 Å². The van der Waals surface area contributed by atoms with Crippen LogP contribution >= 0.6 is 11.3 Å². The molecule has 0 radical (unpaired) electrons. The van der Waals surface area contributed by atoms with Gasteiger partial charge in [-0.3, -0.25) is 9.59 Å². The molecule has 0 fully saturated rings. The van der Waals surface area contributed by atoms with Crippen LogP contribution in [0.25, 0.3) is 0 Å². The number of nitrogens with zero attached hydrogens (tertiary/aromatic N) is 2. The van der Waals surface area contributed by atoms with E-state index < -0.39 is 0 Å². The zero-order valence-electron chi connectivity index (χ0n) is 22.1. The summed E-state index contributed by atoms with van der Waals surface area (Å²) >= 11 is 1.79. The summed E-state index contributed by atoms with van der Waals surface area (Å²) in [6.45, 7) is 8.06. The number of unbranched alkanes of at least 4 members (excludes halogenated alkanes) is 7. The van der Waals surface area contributed by atoms with Gasteiger partial charge in [-0.1, -0.05) is 83.1 Å². The van der Waals surface area contributed by atoms with Gasteiger partial charge in [0.1, 0.15) is 0 Å². The largest absolute Gasteiger partial charge is 0.333 e. The molecular formula is C30H44N2O2S. The summed E-state index contributed by atoms with van der Waals surface area (Å²) in [6.07, 6.45) is 11.8. The molecule has 1 aromatic carbocycles. The molecule has 0 aliphatic carbocycles. The normalized spacial score (nSPS) is 15.2. The van der Waals surface area contributed by atoms with Crippen LogP contribution in [-0.2, 0) is 16.0 Å². The summed E-state index contributed by atoms with van der Waals surface area (Å²) < 4.78 is 0. The molecule has 1 unspecified atom stereocenters. The fraction of sp³-hybridized carbons (Fsp3) is 0.600. The van der Waals surface area contributed by atoms with Crippen molar-refractivity contribution in [3.63, 3.8) is 0 Å². The van der Waals surface area contributed by atoms with Crippen LogP contribution in [-0.4, -0.2) is 41.2 Å². The van der Waals surface area contributed by atoms with E-state index >= 15 is 0 Å². The van der Waals surface area contributed by atoms with Crippen LogP contribution in [0.3, 0.4) is 0 Å². The first-order chi connectivity index (χ1) is 17.1. The number of thiophene rings is 1. The summed E-state index contributed by atoms with van der Waals surface area (Å²) in [7, 11) is 0. The van der Waals surface area contributed by atoms with Crippen molar-refractivity contribution in [3.05, 3.63) is 57.3 Å². The van der Waals surface area contributed by atoms with Gasteiger partial charge in [0.2, 0.25) is 11.8 Å². The molecule has 1 aromatic heterocycles. The van der Waals surface area contributed by atoms with Gasteiger partial charge < -0.3 is 9.80 Å². The molecule has 192 valence electrons. The van der Waals surface area contributed by atoms with Gasteiger partial charge in [-0.05, 0) is 54.3 Å². The number of rotatable bonds is 14. The summed E-state index contributed by atoms with van der Waals surface area (Å²) in [4.78, 5) is 32.1. The number of amides is 2. The zero-order valence-corrected chi connectivity index (χ0v) is 22.9.